The van der Waals surface area contributed by atoms with Crippen molar-refractivity contribution in [2.45, 2.75) is 13.8 Å². The van der Waals surface area contributed by atoms with Crippen LogP contribution in [0.3, 0.4) is 0 Å². The number of H-pyrrole nitrogens is 1. The summed E-state index contributed by atoms with van der Waals surface area (Å²) in [6.07, 6.45) is 1.88. The van der Waals surface area contributed by atoms with Crippen LogP contribution >= 0.6 is 0 Å². The lowest BCUT2D eigenvalue weighted by Crippen LogP contribution is -2.06. The Morgan fingerprint density at radius 1 is 1.36 bits per heavy atom. The zero-order valence-electron chi connectivity index (χ0n) is 8.22. The van der Waals surface area contributed by atoms with Crippen molar-refractivity contribution in [3.05, 3.63) is 30.0 Å². The van der Waals surface area contributed by atoms with Gasteiger partial charge in [0, 0.05) is 18.5 Å². The molecule has 2 aromatic rings. The first-order valence-corrected chi connectivity index (χ1v) is 4.53. The van der Waals surface area contributed by atoms with E-state index in [1.54, 1.807) is 0 Å². The van der Waals surface area contributed by atoms with Gasteiger partial charge in [-0.2, -0.15) is 0 Å². The van der Waals surface area contributed by atoms with Gasteiger partial charge in [0.15, 0.2) is 0 Å². The molecular formula is C11H12N2O. The highest BCUT2D eigenvalue weighted by molar-refractivity contribution is 6.00. The van der Waals surface area contributed by atoms with E-state index in [0.29, 0.717) is 0 Å². The molecule has 0 aliphatic rings. The molecule has 1 aromatic heterocycles. The molecule has 1 amide bonds. The van der Waals surface area contributed by atoms with Gasteiger partial charge in [-0.1, -0.05) is 6.07 Å². The second-order valence-corrected chi connectivity index (χ2v) is 3.38. The van der Waals surface area contributed by atoms with Crippen LogP contribution in [0.25, 0.3) is 10.9 Å². The Morgan fingerprint density at radius 3 is 2.86 bits per heavy atom. The fraction of sp³-hybridized carbons (Fsp3) is 0.182. The van der Waals surface area contributed by atoms with Crippen LogP contribution in [0.15, 0.2) is 24.4 Å². The van der Waals surface area contributed by atoms with Crippen molar-refractivity contribution in [2.75, 3.05) is 5.32 Å². The van der Waals surface area contributed by atoms with Crippen LogP contribution in [0.4, 0.5) is 5.69 Å². The van der Waals surface area contributed by atoms with Crippen molar-refractivity contribution in [3.63, 3.8) is 0 Å². The summed E-state index contributed by atoms with van der Waals surface area (Å²) in [5.74, 6) is -0.0512. The average molecular weight is 188 g/mol. The van der Waals surface area contributed by atoms with Crippen LogP contribution in [0.1, 0.15) is 12.5 Å². The number of anilines is 1. The minimum Gasteiger partial charge on any atom is -0.359 e. The molecular weight excluding hydrogens is 176 g/mol. The van der Waals surface area contributed by atoms with Gasteiger partial charge >= 0.3 is 0 Å². The number of fused-ring (bicyclic) bond motifs is 1. The number of aromatic nitrogens is 1. The molecule has 0 saturated carbocycles. The van der Waals surface area contributed by atoms with Gasteiger partial charge in [-0.25, -0.2) is 0 Å². The minimum absolute atomic E-state index is 0.0512. The van der Waals surface area contributed by atoms with Crippen LogP contribution in [0, 0.1) is 6.92 Å². The Morgan fingerprint density at radius 2 is 2.14 bits per heavy atom. The van der Waals surface area contributed by atoms with Gasteiger partial charge < -0.3 is 10.3 Å². The number of carbonyl (C=O) groups is 1. The van der Waals surface area contributed by atoms with E-state index in [1.807, 2.05) is 31.3 Å². The molecule has 0 radical (unpaired) electrons. The Kier molecular flexibility index (Phi) is 2.00. The molecule has 2 N–H and O–H groups in total. The van der Waals surface area contributed by atoms with Crippen LogP contribution in [-0.2, 0) is 4.79 Å². The normalized spacial score (nSPS) is 10.4. The maximum absolute atomic E-state index is 10.9. The average Bonchev–Trinajstić information content (AvgIpc) is 2.58. The third-order valence-electron chi connectivity index (χ3n) is 2.25. The van der Waals surface area contributed by atoms with E-state index >= 15 is 0 Å². The molecule has 0 saturated heterocycles. The van der Waals surface area contributed by atoms with E-state index in [1.165, 1.54) is 12.5 Å². The summed E-state index contributed by atoms with van der Waals surface area (Å²) in [5, 5.41) is 3.94. The van der Waals surface area contributed by atoms with Gasteiger partial charge in [-0.15, -0.1) is 0 Å². The molecule has 0 fully saturated rings. The number of hydrogen-bond donors (Lipinski definition) is 2. The van der Waals surface area contributed by atoms with Crippen LogP contribution < -0.4 is 5.32 Å². The second kappa shape index (κ2) is 3.18. The first-order valence-electron chi connectivity index (χ1n) is 4.53. The molecule has 0 aliphatic heterocycles. The first-order chi connectivity index (χ1) is 6.68. The number of rotatable bonds is 1. The maximum atomic E-state index is 10.9. The van der Waals surface area contributed by atoms with Crippen molar-refractivity contribution < 1.29 is 4.79 Å². The van der Waals surface area contributed by atoms with Crippen molar-refractivity contribution >= 4 is 22.5 Å². The Bertz CT molecular complexity index is 485. The Balaban J connectivity index is 2.60. The SMILES string of the molecule is CC(=O)Nc1ccc(C)c2cc[nH]c12. The van der Waals surface area contributed by atoms with Crippen molar-refractivity contribution in [2.24, 2.45) is 0 Å². The van der Waals surface area contributed by atoms with E-state index in [4.69, 9.17) is 0 Å². The molecule has 72 valence electrons. The number of hydrogen-bond acceptors (Lipinski definition) is 1. The van der Waals surface area contributed by atoms with Crippen molar-refractivity contribution in [1.29, 1.82) is 0 Å². The zero-order valence-corrected chi connectivity index (χ0v) is 8.22. The zero-order chi connectivity index (χ0) is 10.1. The summed E-state index contributed by atoms with van der Waals surface area (Å²) >= 11 is 0. The Hall–Kier alpha value is -1.77. The number of carbonyl (C=O) groups excluding carboxylic acids is 1. The molecule has 1 aromatic carbocycles. The molecule has 2 rings (SSSR count). The summed E-state index contributed by atoms with van der Waals surface area (Å²) < 4.78 is 0. The predicted octanol–water partition coefficient (Wildman–Crippen LogP) is 2.43. The first kappa shape index (κ1) is 8.81. The number of nitrogens with one attached hydrogen (secondary N) is 2. The topological polar surface area (TPSA) is 44.9 Å². The van der Waals surface area contributed by atoms with E-state index in [0.717, 1.165) is 16.6 Å². The fourth-order valence-corrected chi connectivity index (χ4v) is 1.60. The molecule has 3 nitrogen and oxygen atoms in total. The minimum atomic E-state index is -0.0512. The highest BCUT2D eigenvalue weighted by Gasteiger charge is 2.04. The summed E-state index contributed by atoms with van der Waals surface area (Å²) in [5.41, 5.74) is 3.03. The molecule has 14 heavy (non-hydrogen) atoms. The quantitative estimate of drug-likeness (QED) is 0.709. The number of benzene rings is 1. The van der Waals surface area contributed by atoms with Crippen LogP contribution in [0.2, 0.25) is 0 Å². The highest BCUT2D eigenvalue weighted by Crippen LogP contribution is 2.24. The maximum Gasteiger partial charge on any atom is 0.221 e. The van der Waals surface area contributed by atoms with E-state index in [2.05, 4.69) is 10.3 Å². The highest BCUT2D eigenvalue weighted by atomic mass is 16.1. The van der Waals surface area contributed by atoms with Gasteiger partial charge in [0.25, 0.3) is 0 Å². The standard InChI is InChI=1S/C11H12N2O/c1-7-3-4-10(13-8(2)14)11-9(7)5-6-12-11/h3-6,12H,1-2H3,(H,13,14). The third-order valence-corrected chi connectivity index (χ3v) is 2.25. The summed E-state index contributed by atoms with van der Waals surface area (Å²) in [4.78, 5) is 14.1. The number of amides is 1. The van der Waals surface area contributed by atoms with Gasteiger partial charge in [-0.05, 0) is 24.6 Å². The molecule has 0 atom stereocenters. The fourth-order valence-electron chi connectivity index (χ4n) is 1.60. The van der Waals surface area contributed by atoms with Gasteiger partial charge in [0.05, 0.1) is 11.2 Å². The molecule has 3 heteroatoms. The molecule has 0 spiro atoms. The summed E-state index contributed by atoms with van der Waals surface area (Å²) in [6.45, 7) is 3.56. The number of aromatic amines is 1. The third kappa shape index (κ3) is 1.37. The smallest absolute Gasteiger partial charge is 0.221 e. The Labute approximate surface area is 82.1 Å². The molecule has 0 aliphatic carbocycles. The molecule has 0 unspecified atom stereocenters. The van der Waals surface area contributed by atoms with Crippen LogP contribution in [0.5, 0.6) is 0 Å². The number of aryl methyl sites for hydroxylation is 1. The molecule has 0 bridgehead atoms. The van der Waals surface area contributed by atoms with Crippen molar-refractivity contribution in [1.82, 2.24) is 4.98 Å². The monoisotopic (exact) mass is 188 g/mol. The van der Waals surface area contributed by atoms with Crippen LogP contribution in [-0.4, -0.2) is 10.9 Å². The van der Waals surface area contributed by atoms with Gasteiger partial charge in [-0.3, -0.25) is 4.79 Å². The lowest BCUT2D eigenvalue weighted by Gasteiger charge is -2.05. The molecule has 1 heterocycles. The summed E-state index contributed by atoms with van der Waals surface area (Å²) in [7, 11) is 0. The van der Waals surface area contributed by atoms with Gasteiger partial charge in [0.2, 0.25) is 5.91 Å². The van der Waals surface area contributed by atoms with Gasteiger partial charge in [0.1, 0.15) is 0 Å². The van der Waals surface area contributed by atoms with E-state index in [-0.39, 0.29) is 5.91 Å². The lowest BCUT2D eigenvalue weighted by molar-refractivity contribution is -0.114. The largest absolute Gasteiger partial charge is 0.359 e. The second-order valence-electron chi connectivity index (χ2n) is 3.38. The van der Waals surface area contributed by atoms with E-state index < -0.39 is 0 Å². The predicted molar refractivity (Wildman–Crippen MR) is 57.3 cm³/mol. The van der Waals surface area contributed by atoms with E-state index in [9.17, 15) is 4.79 Å². The van der Waals surface area contributed by atoms with Crippen molar-refractivity contribution in [3.8, 4) is 0 Å². The lowest BCUT2D eigenvalue weighted by atomic mass is 10.1. The summed E-state index contributed by atoms with van der Waals surface area (Å²) in [6, 6.07) is 5.92.